The molecule has 3 aromatic rings. The zero-order valence-electron chi connectivity index (χ0n) is 14.0. The fraction of sp³-hybridized carbons (Fsp3) is 0.300. The predicted molar refractivity (Wildman–Crippen MR) is 103 cm³/mol. The van der Waals surface area contributed by atoms with Crippen LogP contribution >= 0.6 is 11.3 Å². The molecule has 4 rings (SSSR count). The molecule has 0 saturated carbocycles. The minimum absolute atomic E-state index is 0.102. The lowest BCUT2D eigenvalue weighted by molar-refractivity contribution is 0.0959. The van der Waals surface area contributed by atoms with E-state index in [9.17, 15) is 4.79 Å². The number of nitrogens with one attached hydrogen (secondary N) is 1. The molecule has 1 amide bonds. The van der Waals surface area contributed by atoms with Crippen LogP contribution in [-0.2, 0) is 19.3 Å². The number of aromatic nitrogens is 1. The number of nitrogen functional groups attached to an aromatic ring is 1. The summed E-state index contributed by atoms with van der Waals surface area (Å²) < 4.78 is 0. The highest BCUT2D eigenvalue weighted by molar-refractivity contribution is 7.21. The molecule has 2 heterocycles. The molecule has 0 spiro atoms. The van der Waals surface area contributed by atoms with Crippen molar-refractivity contribution in [1.82, 2.24) is 10.3 Å². The number of nitrogens with zero attached hydrogens (tertiary/aromatic N) is 1. The van der Waals surface area contributed by atoms with Gasteiger partial charge >= 0.3 is 0 Å². The van der Waals surface area contributed by atoms with E-state index in [-0.39, 0.29) is 5.91 Å². The van der Waals surface area contributed by atoms with Crippen molar-refractivity contribution in [2.75, 3.05) is 12.3 Å². The van der Waals surface area contributed by atoms with Gasteiger partial charge in [0, 0.05) is 17.6 Å². The number of hydrogen-bond donors (Lipinski definition) is 2. The monoisotopic (exact) mass is 351 g/mol. The second-order valence-corrected chi connectivity index (χ2v) is 7.49. The number of rotatable bonds is 4. The highest BCUT2D eigenvalue weighted by atomic mass is 32.1. The molecule has 1 aliphatic carbocycles. The maximum Gasteiger partial charge on any atom is 0.263 e. The van der Waals surface area contributed by atoms with Gasteiger partial charge in [0.2, 0.25) is 0 Å². The summed E-state index contributed by atoms with van der Waals surface area (Å²) in [5.74, 6) is -0.102. The summed E-state index contributed by atoms with van der Waals surface area (Å²) >= 11 is 1.40. The van der Waals surface area contributed by atoms with E-state index >= 15 is 0 Å². The Morgan fingerprint density at radius 2 is 2.00 bits per heavy atom. The summed E-state index contributed by atoms with van der Waals surface area (Å²) in [6.07, 6.45) is 5.30. The summed E-state index contributed by atoms with van der Waals surface area (Å²) in [6.45, 7) is 0.598. The Morgan fingerprint density at radius 1 is 1.20 bits per heavy atom. The number of aryl methyl sites for hydroxylation is 2. The summed E-state index contributed by atoms with van der Waals surface area (Å²) in [5.41, 5.74) is 10.5. The van der Waals surface area contributed by atoms with Crippen LogP contribution < -0.4 is 11.1 Å². The van der Waals surface area contributed by atoms with Crippen molar-refractivity contribution in [2.24, 2.45) is 0 Å². The Bertz CT molecular complexity index is 918. The summed E-state index contributed by atoms with van der Waals surface area (Å²) in [5, 5.41) is 3.91. The average Bonchev–Trinajstić information content (AvgIpc) is 2.97. The number of pyridine rings is 1. The summed E-state index contributed by atoms with van der Waals surface area (Å²) in [4.78, 5) is 18.8. The molecule has 0 fully saturated rings. The average molecular weight is 351 g/mol. The molecule has 0 unspecified atom stereocenters. The Morgan fingerprint density at radius 3 is 2.84 bits per heavy atom. The number of thiophene rings is 1. The van der Waals surface area contributed by atoms with Crippen molar-refractivity contribution >= 4 is 33.1 Å². The van der Waals surface area contributed by atoms with Gasteiger partial charge in [0.1, 0.15) is 9.71 Å². The SMILES string of the molecule is Nc1c(C(=O)NCCc2ccccc2)sc2nc3c(cc12)CCCC3. The molecule has 0 bridgehead atoms. The van der Waals surface area contributed by atoms with E-state index in [2.05, 4.69) is 23.5 Å². The van der Waals surface area contributed by atoms with Gasteiger partial charge < -0.3 is 11.1 Å². The van der Waals surface area contributed by atoms with Crippen LogP contribution in [0.25, 0.3) is 10.2 Å². The van der Waals surface area contributed by atoms with E-state index in [0.29, 0.717) is 17.1 Å². The van der Waals surface area contributed by atoms with E-state index in [1.54, 1.807) is 0 Å². The topological polar surface area (TPSA) is 68.0 Å². The summed E-state index contributed by atoms with van der Waals surface area (Å²) in [6, 6.07) is 12.3. The molecule has 2 aromatic heterocycles. The van der Waals surface area contributed by atoms with Gasteiger partial charge in [-0.05, 0) is 49.3 Å². The number of carbonyl (C=O) groups excluding carboxylic acids is 1. The molecule has 128 valence electrons. The summed E-state index contributed by atoms with van der Waals surface area (Å²) in [7, 11) is 0. The highest BCUT2D eigenvalue weighted by Gasteiger charge is 2.20. The van der Waals surface area contributed by atoms with Gasteiger partial charge in [-0.3, -0.25) is 4.79 Å². The third-order valence-corrected chi connectivity index (χ3v) is 5.86. The van der Waals surface area contributed by atoms with Gasteiger partial charge in [0.15, 0.2) is 0 Å². The largest absolute Gasteiger partial charge is 0.397 e. The molecule has 0 atom stereocenters. The molecular formula is C20H21N3OS. The Hall–Kier alpha value is -2.40. The van der Waals surface area contributed by atoms with E-state index in [1.165, 1.54) is 41.0 Å². The van der Waals surface area contributed by atoms with Crippen molar-refractivity contribution in [3.8, 4) is 0 Å². The minimum Gasteiger partial charge on any atom is -0.397 e. The molecule has 0 aliphatic heterocycles. The van der Waals surface area contributed by atoms with Crippen LogP contribution in [0.15, 0.2) is 36.4 Å². The number of carbonyl (C=O) groups is 1. The van der Waals surface area contributed by atoms with Crippen molar-refractivity contribution in [3.05, 3.63) is 58.1 Å². The first-order valence-corrected chi connectivity index (χ1v) is 9.57. The standard InChI is InChI=1S/C20H21N3OS/c21-17-15-12-14-8-4-5-9-16(14)23-20(15)25-18(17)19(24)22-11-10-13-6-2-1-3-7-13/h1-3,6-7,12H,4-5,8-11,21H2,(H,22,24). The number of fused-ring (bicyclic) bond motifs is 2. The molecule has 1 aliphatic rings. The highest BCUT2D eigenvalue weighted by Crippen LogP contribution is 2.35. The van der Waals surface area contributed by atoms with E-state index in [1.807, 2.05) is 18.2 Å². The van der Waals surface area contributed by atoms with Gasteiger partial charge in [-0.25, -0.2) is 4.98 Å². The van der Waals surface area contributed by atoms with Crippen molar-refractivity contribution in [1.29, 1.82) is 0 Å². The van der Waals surface area contributed by atoms with E-state index < -0.39 is 0 Å². The Kier molecular flexibility index (Phi) is 4.40. The van der Waals surface area contributed by atoms with Gasteiger partial charge in [0.05, 0.1) is 5.69 Å². The first-order valence-electron chi connectivity index (χ1n) is 8.75. The van der Waals surface area contributed by atoms with Crippen LogP contribution in [0.2, 0.25) is 0 Å². The molecule has 4 nitrogen and oxygen atoms in total. The van der Waals surface area contributed by atoms with Crippen LogP contribution in [0.1, 0.15) is 39.3 Å². The number of amides is 1. The van der Waals surface area contributed by atoms with Crippen molar-refractivity contribution < 1.29 is 4.79 Å². The molecule has 1 aromatic carbocycles. The number of hydrogen-bond acceptors (Lipinski definition) is 4. The maximum atomic E-state index is 12.5. The fourth-order valence-electron chi connectivity index (χ4n) is 3.37. The van der Waals surface area contributed by atoms with Gasteiger partial charge in [-0.1, -0.05) is 30.3 Å². The Balaban J connectivity index is 1.52. The minimum atomic E-state index is -0.102. The second kappa shape index (κ2) is 6.84. The molecule has 0 saturated heterocycles. The van der Waals surface area contributed by atoms with Crippen molar-refractivity contribution in [2.45, 2.75) is 32.1 Å². The molecule has 25 heavy (non-hydrogen) atoms. The molecule has 5 heteroatoms. The lowest BCUT2D eigenvalue weighted by Crippen LogP contribution is -2.25. The third-order valence-electron chi connectivity index (χ3n) is 4.75. The lowest BCUT2D eigenvalue weighted by Gasteiger charge is -2.14. The zero-order valence-corrected chi connectivity index (χ0v) is 14.9. The van der Waals surface area contributed by atoms with Crippen LogP contribution in [0.4, 0.5) is 5.69 Å². The van der Waals surface area contributed by atoms with Crippen LogP contribution in [-0.4, -0.2) is 17.4 Å². The first-order chi connectivity index (χ1) is 12.2. The Labute approximate surface area is 151 Å². The van der Waals surface area contributed by atoms with E-state index in [4.69, 9.17) is 10.7 Å². The van der Waals surface area contributed by atoms with Crippen molar-refractivity contribution in [3.63, 3.8) is 0 Å². The number of anilines is 1. The van der Waals surface area contributed by atoms with Gasteiger partial charge in [-0.2, -0.15) is 0 Å². The van der Waals surface area contributed by atoms with Gasteiger partial charge in [-0.15, -0.1) is 11.3 Å². The predicted octanol–water partition coefficient (Wildman–Crippen LogP) is 3.73. The number of nitrogens with two attached hydrogens (primary N) is 1. The zero-order chi connectivity index (χ0) is 17.2. The quantitative estimate of drug-likeness (QED) is 0.752. The first kappa shape index (κ1) is 16.1. The normalized spacial score (nSPS) is 13.6. The molecular weight excluding hydrogens is 330 g/mol. The van der Waals surface area contributed by atoms with Crippen LogP contribution in [0, 0.1) is 0 Å². The van der Waals surface area contributed by atoms with Gasteiger partial charge in [0.25, 0.3) is 5.91 Å². The second-order valence-electron chi connectivity index (χ2n) is 6.49. The fourth-order valence-corrected chi connectivity index (χ4v) is 4.39. The maximum absolute atomic E-state index is 12.5. The lowest BCUT2D eigenvalue weighted by atomic mass is 9.95. The molecule has 3 N–H and O–H groups in total. The van der Waals surface area contributed by atoms with Crippen LogP contribution in [0.5, 0.6) is 0 Å². The van der Waals surface area contributed by atoms with Crippen LogP contribution in [0.3, 0.4) is 0 Å². The molecule has 0 radical (unpaired) electrons. The third kappa shape index (κ3) is 3.24. The van der Waals surface area contributed by atoms with E-state index in [0.717, 1.165) is 29.5 Å². The smallest absolute Gasteiger partial charge is 0.263 e. The number of benzene rings is 1.